The molecule has 0 atom stereocenters. The molecule has 4 rings (SSSR count). The minimum Gasteiger partial charge on any atom is -0.339 e. The Morgan fingerprint density at radius 3 is 2.60 bits per heavy atom. The first kappa shape index (κ1) is 16.8. The van der Waals surface area contributed by atoms with Gasteiger partial charge in [0.15, 0.2) is 0 Å². The standard InChI is InChI=1S/C19H22ClFN2O2/c20-16-4-1-13(21)11-15(16)18(25)22-9-7-19(8-10-22)6-5-17(24)23(12-19)14-2-3-14/h1,4,11,14H,2-3,5-10,12H2. The summed E-state index contributed by atoms with van der Waals surface area (Å²) in [6, 6.07) is 4.35. The van der Waals surface area contributed by atoms with Gasteiger partial charge in [0, 0.05) is 32.1 Å². The Morgan fingerprint density at radius 2 is 1.92 bits per heavy atom. The number of nitrogens with zero attached hydrogens (tertiary/aromatic N) is 2. The lowest BCUT2D eigenvalue weighted by molar-refractivity contribution is -0.139. The van der Waals surface area contributed by atoms with Crippen LogP contribution in [0.5, 0.6) is 0 Å². The number of piperidine rings is 2. The van der Waals surface area contributed by atoms with Gasteiger partial charge in [0.1, 0.15) is 5.82 Å². The van der Waals surface area contributed by atoms with Gasteiger partial charge in [-0.15, -0.1) is 0 Å². The third-order valence-electron chi connectivity index (χ3n) is 5.95. The van der Waals surface area contributed by atoms with Crippen LogP contribution in [-0.2, 0) is 4.79 Å². The fourth-order valence-corrected chi connectivity index (χ4v) is 4.39. The number of hydrogen-bond donors (Lipinski definition) is 0. The molecule has 1 spiro atoms. The van der Waals surface area contributed by atoms with Crippen molar-refractivity contribution in [1.29, 1.82) is 0 Å². The van der Waals surface area contributed by atoms with Crippen LogP contribution in [0, 0.1) is 11.2 Å². The highest BCUT2D eigenvalue weighted by Gasteiger charge is 2.45. The Labute approximate surface area is 151 Å². The van der Waals surface area contributed by atoms with Crippen LogP contribution < -0.4 is 0 Å². The van der Waals surface area contributed by atoms with Gasteiger partial charge < -0.3 is 9.80 Å². The maximum Gasteiger partial charge on any atom is 0.255 e. The van der Waals surface area contributed by atoms with Gasteiger partial charge in [-0.2, -0.15) is 0 Å². The summed E-state index contributed by atoms with van der Waals surface area (Å²) in [5.74, 6) is -0.365. The van der Waals surface area contributed by atoms with Gasteiger partial charge >= 0.3 is 0 Å². The van der Waals surface area contributed by atoms with E-state index in [1.54, 1.807) is 4.90 Å². The molecule has 0 radical (unpaired) electrons. The number of likely N-dealkylation sites (tertiary alicyclic amines) is 2. The van der Waals surface area contributed by atoms with E-state index in [2.05, 4.69) is 4.90 Å². The number of carbonyl (C=O) groups is 2. The van der Waals surface area contributed by atoms with E-state index >= 15 is 0 Å². The molecule has 1 aliphatic carbocycles. The van der Waals surface area contributed by atoms with Crippen LogP contribution in [0.4, 0.5) is 4.39 Å². The zero-order valence-electron chi connectivity index (χ0n) is 14.1. The van der Waals surface area contributed by atoms with Crippen LogP contribution >= 0.6 is 11.6 Å². The molecule has 2 heterocycles. The molecule has 1 aromatic rings. The average Bonchev–Trinajstić information content (AvgIpc) is 3.45. The molecule has 1 aromatic carbocycles. The van der Waals surface area contributed by atoms with Gasteiger partial charge in [0.25, 0.3) is 5.91 Å². The summed E-state index contributed by atoms with van der Waals surface area (Å²) in [7, 11) is 0. The predicted molar refractivity (Wildman–Crippen MR) is 92.9 cm³/mol. The van der Waals surface area contributed by atoms with Crippen molar-refractivity contribution in [3.8, 4) is 0 Å². The highest BCUT2D eigenvalue weighted by molar-refractivity contribution is 6.33. The summed E-state index contributed by atoms with van der Waals surface area (Å²) < 4.78 is 13.5. The Bertz CT molecular complexity index is 711. The van der Waals surface area contributed by atoms with E-state index in [9.17, 15) is 14.0 Å². The molecule has 134 valence electrons. The summed E-state index contributed by atoms with van der Waals surface area (Å²) >= 11 is 6.07. The van der Waals surface area contributed by atoms with E-state index in [4.69, 9.17) is 11.6 Å². The van der Waals surface area contributed by atoms with Crippen LogP contribution in [0.25, 0.3) is 0 Å². The summed E-state index contributed by atoms with van der Waals surface area (Å²) in [5, 5.41) is 0.287. The fourth-order valence-electron chi connectivity index (χ4n) is 4.19. The van der Waals surface area contributed by atoms with Crippen LogP contribution in [0.3, 0.4) is 0 Å². The SMILES string of the molecule is O=C(c1cc(F)ccc1Cl)N1CCC2(CCC(=O)N(C3CC3)C2)CC1. The topological polar surface area (TPSA) is 40.6 Å². The van der Waals surface area contributed by atoms with Crippen LogP contribution in [0.15, 0.2) is 18.2 Å². The minimum atomic E-state index is -0.452. The Hall–Kier alpha value is -1.62. The highest BCUT2D eigenvalue weighted by atomic mass is 35.5. The lowest BCUT2D eigenvalue weighted by atomic mass is 9.72. The largest absolute Gasteiger partial charge is 0.339 e. The van der Waals surface area contributed by atoms with Crippen molar-refractivity contribution in [3.63, 3.8) is 0 Å². The second-order valence-corrected chi connectivity index (χ2v) is 8.08. The molecule has 1 saturated carbocycles. The first-order valence-corrected chi connectivity index (χ1v) is 9.39. The van der Waals surface area contributed by atoms with E-state index in [0.717, 1.165) is 38.6 Å². The van der Waals surface area contributed by atoms with Crippen molar-refractivity contribution in [3.05, 3.63) is 34.6 Å². The third-order valence-corrected chi connectivity index (χ3v) is 6.28. The first-order chi connectivity index (χ1) is 12.0. The van der Waals surface area contributed by atoms with Crippen molar-refractivity contribution in [1.82, 2.24) is 9.80 Å². The second-order valence-electron chi connectivity index (χ2n) is 7.67. The maximum absolute atomic E-state index is 13.5. The summed E-state index contributed by atoms with van der Waals surface area (Å²) in [4.78, 5) is 28.7. The molecule has 2 saturated heterocycles. The number of halogens is 2. The van der Waals surface area contributed by atoms with Crippen molar-refractivity contribution in [2.75, 3.05) is 19.6 Å². The van der Waals surface area contributed by atoms with Gasteiger partial charge in [-0.3, -0.25) is 9.59 Å². The fraction of sp³-hybridized carbons (Fsp3) is 0.579. The lowest BCUT2D eigenvalue weighted by Crippen LogP contribution is -2.52. The Morgan fingerprint density at radius 1 is 1.20 bits per heavy atom. The van der Waals surface area contributed by atoms with Gasteiger partial charge in [-0.05, 0) is 55.7 Å². The molecule has 0 aromatic heterocycles. The van der Waals surface area contributed by atoms with E-state index in [1.165, 1.54) is 18.2 Å². The molecular formula is C19H22ClFN2O2. The second kappa shape index (κ2) is 6.27. The Balaban J connectivity index is 1.43. The summed E-state index contributed by atoms with van der Waals surface area (Å²) in [6.45, 7) is 2.11. The van der Waals surface area contributed by atoms with Crippen molar-refractivity contribution in [2.45, 2.75) is 44.6 Å². The number of rotatable bonds is 2. The third kappa shape index (κ3) is 3.26. The molecule has 4 nitrogen and oxygen atoms in total. The normalized spacial score (nSPS) is 23.2. The van der Waals surface area contributed by atoms with E-state index < -0.39 is 5.82 Å². The highest BCUT2D eigenvalue weighted by Crippen LogP contribution is 2.43. The quantitative estimate of drug-likeness (QED) is 0.806. The van der Waals surface area contributed by atoms with E-state index in [-0.39, 0.29) is 27.8 Å². The first-order valence-electron chi connectivity index (χ1n) is 9.01. The summed E-state index contributed by atoms with van der Waals surface area (Å²) in [6.07, 6.45) is 5.58. The number of benzene rings is 1. The molecule has 0 unspecified atom stereocenters. The predicted octanol–water partition coefficient (Wildman–Crippen LogP) is 3.49. The van der Waals surface area contributed by atoms with Crippen LogP contribution in [0.2, 0.25) is 5.02 Å². The van der Waals surface area contributed by atoms with Gasteiger partial charge in [0.05, 0.1) is 10.6 Å². The lowest BCUT2D eigenvalue weighted by Gasteiger charge is -2.47. The molecule has 6 heteroatoms. The Kier molecular flexibility index (Phi) is 4.22. The molecule has 0 bridgehead atoms. The van der Waals surface area contributed by atoms with Crippen LogP contribution in [0.1, 0.15) is 48.9 Å². The smallest absolute Gasteiger partial charge is 0.255 e. The van der Waals surface area contributed by atoms with E-state index in [1.807, 2.05) is 0 Å². The van der Waals surface area contributed by atoms with Gasteiger partial charge in [0.2, 0.25) is 5.91 Å². The minimum absolute atomic E-state index is 0.138. The number of carbonyl (C=O) groups excluding carboxylic acids is 2. The van der Waals surface area contributed by atoms with Crippen LogP contribution in [-0.4, -0.2) is 47.3 Å². The van der Waals surface area contributed by atoms with Crippen molar-refractivity contribution in [2.24, 2.45) is 5.41 Å². The molecule has 3 fully saturated rings. The zero-order chi connectivity index (χ0) is 17.6. The maximum atomic E-state index is 13.5. The van der Waals surface area contributed by atoms with Gasteiger partial charge in [-0.1, -0.05) is 11.6 Å². The average molecular weight is 365 g/mol. The molecule has 25 heavy (non-hydrogen) atoms. The molecule has 0 N–H and O–H groups in total. The van der Waals surface area contributed by atoms with Crippen molar-refractivity contribution < 1.29 is 14.0 Å². The zero-order valence-corrected chi connectivity index (χ0v) is 14.9. The number of amides is 2. The van der Waals surface area contributed by atoms with Gasteiger partial charge in [-0.25, -0.2) is 4.39 Å². The summed E-state index contributed by atoms with van der Waals surface area (Å²) in [5.41, 5.74) is 0.370. The monoisotopic (exact) mass is 364 g/mol. The van der Waals surface area contributed by atoms with Crippen molar-refractivity contribution >= 4 is 23.4 Å². The number of hydrogen-bond acceptors (Lipinski definition) is 2. The molecular weight excluding hydrogens is 343 g/mol. The van der Waals surface area contributed by atoms with E-state index in [0.29, 0.717) is 25.6 Å². The molecule has 2 aliphatic heterocycles. The molecule has 3 aliphatic rings. The molecule has 2 amide bonds.